The quantitative estimate of drug-likeness (QED) is 0.792. The van der Waals surface area contributed by atoms with Gasteiger partial charge >= 0.3 is 0 Å². The molecule has 0 amide bonds. The van der Waals surface area contributed by atoms with Crippen molar-refractivity contribution in [3.05, 3.63) is 0 Å². The summed E-state index contributed by atoms with van der Waals surface area (Å²) in [4.78, 5) is 0. The third-order valence-corrected chi connectivity index (χ3v) is 5.38. The van der Waals surface area contributed by atoms with E-state index >= 15 is 0 Å². The molecule has 0 aromatic rings. The first-order chi connectivity index (χ1) is 7.36. The van der Waals surface area contributed by atoms with Crippen molar-refractivity contribution >= 4 is 11.8 Å². The van der Waals surface area contributed by atoms with Crippen molar-refractivity contribution in [2.24, 2.45) is 5.92 Å². The smallest absolute Gasteiger partial charge is 0.0184 e. The van der Waals surface area contributed by atoms with E-state index in [2.05, 4.69) is 24.0 Å². The molecule has 0 radical (unpaired) electrons. The van der Waals surface area contributed by atoms with Crippen molar-refractivity contribution in [3.8, 4) is 0 Å². The van der Waals surface area contributed by atoms with Gasteiger partial charge in [0, 0.05) is 11.3 Å². The highest BCUT2D eigenvalue weighted by atomic mass is 32.2. The van der Waals surface area contributed by atoms with Crippen molar-refractivity contribution < 1.29 is 0 Å². The van der Waals surface area contributed by atoms with E-state index in [0.29, 0.717) is 0 Å². The van der Waals surface area contributed by atoms with Gasteiger partial charge in [-0.15, -0.1) is 0 Å². The van der Waals surface area contributed by atoms with Gasteiger partial charge < -0.3 is 5.32 Å². The molecule has 2 heteroatoms. The van der Waals surface area contributed by atoms with Crippen molar-refractivity contribution in [1.29, 1.82) is 0 Å². The summed E-state index contributed by atoms with van der Waals surface area (Å²) in [5, 5.41) is 4.66. The van der Waals surface area contributed by atoms with E-state index < -0.39 is 0 Å². The molecule has 0 bridgehead atoms. The van der Waals surface area contributed by atoms with Crippen molar-refractivity contribution in [1.82, 2.24) is 5.32 Å². The summed E-state index contributed by atoms with van der Waals surface area (Å²) < 4.78 is 0. The standard InChI is InChI=1S/C13H25NS/c1-11-13(8-5-9-15-11)14-10-12-6-3-2-4-7-12/h11-14H,2-10H2,1H3. The molecule has 1 saturated heterocycles. The Bertz CT molecular complexity index is 177. The molecule has 1 aliphatic carbocycles. The molecule has 1 saturated carbocycles. The highest BCUT2D eigenvalue weighted by molar-refractivity contribution is 7.99. The van der Waals surface area contributed by atoms with Gasteiger partial charge in [0.05, 0.1) is 0 Å². The molecule has 0 aromatic heterocycles. The maximum absolute atomic E-state index is 3.82. The molecule has 2 rings (SSSR count). The molecular formula is C13H25NS. The summed E-state index contributed by atoms with van der Waals surface area (Å²) in [7, 11) is 0. The molecule has 2 aliphatic rings. The van der Waals surface area contributed by atoms with Crippen LogP contribution in [0, 0.1) is 5.92 Å². The third-order valence-electron chi connectivity index (χ3n) is 4.00. The first-order valence-corrected chi connectivity index (χ1v) is 7.76. The van der Waals surface area contributed by atoms with E-state index in [1.807, 2.05) is 0 Å². The molecule has 15 heavy (non-hydrogen) atoms. The third kappa shape index (κ3) is 3.67. The average molecular weight is 227 g/mol. The van der Waals surface area contributed by atoms with Crippen LogP contribution >= 0.6 is 11.8 Å². The monoisotopic (exact) mass is 227 g/mol. The number of thioether (sulfide) groups is 1. The summed E-state index contributed by atoms with van der Waals surface area (Å²) in [5.41, 5.74) is 0. The fourth-order valence-electron chi connectivity index (χ4n) is 2.90. The van der Waals surface area contributed by atoms with Gasteiger partial charge in [-0.3, -0.25) is 0 Å². The zero-order chi connectivity index (χ0) is 10.5. The molecule has 0 spiro atoms. The zero-order valence-corrected chi connectivity index (χ0v) is 10.8. The van der Waals surface area contributed by atoms with Gasteiger partial charge in [0.25, 0.3) is 0 Å². The predicted molar refractivity (Wildman–Crippen MR) is 69.5 cm³/mol. The Morgan fingerprint density at radius 2 is 1.87 bits per heavy atom. The second-order valence-corrected chi connectivity index (χ2v) is 6.72. The summed E-state index contributed by atoms with van der Waals surface area (Å²) >= 11 is 2.15. The van der Waals surface area contributed by atoms with E-state index in [9.17, 15) is 0 Å². The minimum atomic E-state index is 0.797. The molecule has 2 fully saturated rings. The summed E-state index contributed by atoms with van der Waals surface area (Å²) in [5.74, 6) is 2.36. The minimum Gasteiger partial charge on any atom is -0.313 e. The Kier molecular flexibility index (Phi) is 4.83. The second kappa shape index (κ2) is 6.15. The molecule has 1 aliphatic heterocycles. The first-order valence-electron chi connectivity index (χ1n) is 6.71. The Morgan fingerprint density at radius 3 is 2.60 bits per heavy atom. The maximum Gasteiger partial charge on any atom is 0.0184 e. The van der Waals surface area contributed by atoms with E-state index in [4.69, 9.17) is 0 Å². The molecule has 1 nitrogen and oxygen atoms in total. The van der Waals surface area contributed by atoms with Crippen LogP contribution < -0.4 is 5.32 Å². The lowest BCUT2D eigenvalue weighted by Gasteiger charge is -2.31. The Hall–Kier alpha value is 0.310. The molecule has 1 heterocycles. The normalized spacial score (nSPS) is 34.2. The number of nitrogens with one attached hydrogen (secondary N) is 1. The Labute approximate surface area is 98.8 Å². The van der Waals surface area contributed by atoms with Gasteiger partial charge in [0.15, 0.2) is 0 Å². The molecule has 1 N–H and O–H groups in total. The number of rotatable bonds is 3. The predicted octanol–water partition coefficient (Wildman–Crippen LogP) is 3.44. The van der Waals surface area contributed by atoms with Crippen molar-refractivity contribution in [3.63, 3.8) is 0 Å². The topological polar surface area (TPSA) is 12.0 Å². The second-order valence-electron chi connectivity index (χ2n) is 5.24. The fourth-order valence-corrected chi connectivity index (χ4v) is 4.07. The van der Waals surface area contributed by atoms with Crippen LogP contribution in [0.15, 0.2) is 0 Å². The van der Waals surface area contributed by atoms with Gasteiger partial charge in [-0.2, -0.15) is 11.8 Å². The molecular weight excluding hydrogens is 202 g/mol. The van der Waals surface area contributed by atoms with Crippen LogP contribution in [0.25, 0.3) is 0 Å². The highest BCUT2D eigenvalue weighted by Crippen LogP contribution is 2.27. The Balaban J connectivity index is 1.67. The largest absolute Gasteiger partial charge is 0.313 e. The van der Waals surface area contributed by atoms with Crippen LogP contribution in [0.3, 0.4) is 0 Å². The molecule has 2 unspecified atom stereocenters. The van der Waals surface area contributed by atoms with Crippen molar-refractivity contribution in [2.45, 2.75) is 63.2 Å². The zero-order valence-electron chi connectivity index (χ0n) is 10.0. The van der Waals surface area contributed by atoms with Crippen LogP contribution in [0.2, 0.25) is 0 Å². The summed E-state index contributed by atoms with van der Waals surface area (Å²) in [6, 6.07) is 0.797. The SMILES string of the molecule is CC1SCCCC1NCC1CCCCC1. The van der Waals surface area contributed by atoms with Gasteiger partial charge in [-0.05, 0) is 43.9 Å². The van der Waals surface area contributed by atoms with E-state index in [0.717, 1.165) is 17.2 Å². The molecule has 0 aromatic carbocycles. The number of hydrogen-bond donors (Lipinski definition) is 1. The molecule has 88 valence electrons. The van der Waals surface area contributed by atoms with Gasteiger partial charge in [-0.25, -0.2) is 0 Å². The summed E-state index contributed by atoms with van der Waals surface area (Å²) in [6.45, 7) is 3.68. The lowest BCUT2D eigenvalue weighted by molar-refractivity contribution is 0.320. The maximum atomic E-state index is 3.82. The van der Waals surface area contributed by atoms with Gasteiger partial charge in [0.1, 0.15) is 0 Å². The van der Waals surface area contributed by atoms with Crippen LogP contribution in [0.5, 0.6) is 0 Å². The van der Waals surface area contributed by atoms with Crippen LogP contribution in [-0.2, 0) is 0 Å². The lowest BCUT2D eigenvalue weighted by atomic mass is 9.89. The minimum absolute atomic E-state index is 0.797. The summed E-state index contributed by atoms with van der Waals surface area (Å²) in [6.07, 6.45) is 10.2. The van der Waals surface area contributed by atoms with Crippen LogP contribution in [0.1, 0.15) is 51.9 Å². The van der Waals surface area contributed by atoms with E-state index in [1.165, 1.54) is 57.2 Å². The van der Waals surface area contributed by atoms with E-state index in [-0.39, 0.29) is 0 Å². The van der Waals surface area contributed by atoms with Crippen molar-refractivity contribution in [2.75, 3.05) is 12.3 Å². The van der Waals surface area contributed by atoms with Crippen LogP contribution in [-0.4, -0.2) is 23.6 Å². The molecule has 2 atom stereocenters. The lowest BCUT2D eigenvalue weighted by Crippen LogP contribution is -2.41. The highest BCUT2D eigenvalue weighted by Gasteiger charge is 2.22. The Morgan fingerprint density at radius 1 is 1.07 bits per heavy atom. The average Bonchev–Trinajstić information content (AvgIpc) is 2.29. The number of hydrogen-bond acceptors (Lipinski definition) is 2. The van der Waals surface area contributed by atoms with E-state index in [1.54, 1.807) is 0 Å². The van der Waals surface area contributed by atoms with Gasteiger partial charge in [0.2, 0.25) is 0 Å². The first kappa shape index (κ1) is 11.8. The van der Waals surface area contributed by atoms with Crippen LogP contribution in [0.4, 0.5) is 0 Å². The van der Waals surface area contributed by atoms with Gasteiger partial charge in [-0.1, -0.05) is 26.2 Å². The fraction of sp³-hybridized carbons (Fsp3) is 1.00.